The maximum absolute atomic E-state index is 12.4. The van der Waals surface area contributed by atoms with Crippen molar-refractivity contribution in [2.24, 2.45) is 0 Å². The number of methoxy groups -OCH3 is 2. The molecule has 0 saturated heterocycles. The molecular formula is C19H20Cl3N3O3S. The summed E-state index contributed by atoms with van der Waals surface area (Å²) in [5.41, 5.74) is 1.49. The third-order valence-electron chi connectivity index (χ3n) is 3.78. The molecule has 2 aromatic rings. The lowest BCUT2D eigenvalue weighted by atomic mass is 10.1. The van der Waals surface area contributed by atoms with E-state index < -0.39 is 9.96 Å². The number of rotatable bonds is 7. The molecule has 3 N–H and O–H groups in total. The van der Waals surface area contributed by atoms with E-state index in [1.54, 1.807) is 62.8 Å². The maximum atomic E-state index is 12.4. The highest BCUT2D eigenvalue weighted by Crippen LogP contribution is 2.29. The topological polar surface area (TPSA) is 71.6 Å². The fraction of sp³-hybridized carbons (Fsp3) is 0.263. The molecular weight excluding hydrogens is 457 g/mol. The third-order valence-corrected chi connectivity index (χ3v) is 4.65. The van der Waals surface area contributed by atoms with Crippen molar-refractivity contribution in [2.45, 2.75) is 16.4 Å². The van der Waals surface area contributed by atoms with Crippen LogP contribution >= 0.6 is 47.0 Å². The second kappa shape index (κ2) is 10.7. The van der Waals surface area contributed by atoms with Gasteiger partial charge >= 0.3 is 0 Å². The van der Waals surface area contributed by atoms with E-state index in [1.807, 2.05) is 0 Å². The van der Waals surface area contributed by atoms with Gasteiger partial charge in [-0.1, -0.05) is 46.9 Å². The Labute approximate surface area is 189 Å². The number of carbonyl (C=O) groups excluding carboxylic acids is 1. The zero-order chi connectivity index (χ0) is 21.4. The summed E-state index contributed by atoms with van der Waals surface area (Å²) < 4.78 is 8.37. The lowest BCUT2D eigenvalue weighted by molar-refractivity contribution is -0.121. The van der Waals surface area contributed by atoms with Crippen LogP contribution < -0.4 is 25.4 Å². The Morgan fingerprint density at radius 2 is 1.48 bits per heavy atom. The largest absolute Gasteiger partial charge is 0.497 e. The van der Waals surface area contributed by atoms with Crippen molar-refractivity contribution in [2.75, 3.05) is 19.5 Å². The van der Waals surface area contributed by atoms with Crippen LogP contribution in [-0.4, -0.2) is 35.2 Å². The van der Waals surface area contributed by atoms with E-state index in [9.17, 15) is 4.79 Å². The SMILES string of the molecule is COc1ccc(CC(=O)NC(NC(=S)Nc2ccc(OC)cc2)C(Cl)(Cl)Cl)cc1. The fourth-order valence-corrected chi connectivity index (χ4v) is 2.88. The molecule has 0 aliphatic rings. The monoisotopic (exact) mass is 475 g/mol. The van der Waals surface area contributed by atoms with Gasteiger partial charge in [0.15, 0.2) is 5.11 Å². The summed E-state index contributed by atoms with van der Waals surface area (Å²) in [7, 11) is 3.15. The molecule has 0 aliphatic heterocycles. The lowest BCUT2D eigenvalue weighted by Gasteiger charge is -2.27. The van der Waals surface area contributed by atoms with Gasteiger partial charge in [-0.15, -0.1) is 0 Å². The second-order valence-corrected chi connectivity index (χ2v) is 8.67. The average molecular weight is 477 g/mol. The van der Waals surface area contributed by atoms with Crippen LogP contribution in [0.15, 0.2) is 48.5 Å². The number of anilines is 1. The Hall–Kier alpha value is -1.93. The van der Waals surface area contributed by atoms with Crippen LogP contribution in [0.3, 0.4) is 0 Å². The van der Waals surface area contributed by atoms with Gasteiger partial charge in [0.2, 0.25) is 9.70 Å². The van der Waals surface area contributed by atoms with Crippen LogP contribution in [0.4, 0.5) is 5.69 Å². The Morgan fingerprint density at radius 3 is 1.97 bits per heavy atom. The van der Waals surface area contributed by atoms with Crippen molar-refractivity contribution in [3.63, 3.8) is 0 Å². The molecule has 0 radical (unpaired) electrons. The number of hydrogen-bond acceptors (Lipinski definition) is 4. The lowest BCUT2D eigenvalue weighted by Crippen LogP contribution is -2.56. The molecule has 0 spiro atoms. The minimum absolute atomic E-state index is 0.0988. The van der Waals surface area contributed by atoms with E-state index in [1.165, 1.54) is 0 Å². The van der Waals surface area contributed by atoms with Gasteiger partial charge in [-0.25, -0.2) is 0 Å². The molecule has 2 rings (SSSR count). The Morgan fingerprint density at radius 1 is 0.966 bits per heavy atom. The van der Waals surface area contributed by atoms with Gasteiger partial charge in [0, 0.05) is 5.69 Å². The van der Waals surface area contributed by atoms with Crippen LogP contribution in [0.1, 0.15) is 5.56 Å². The number of halogens is 3. The van der Waals surface area contributed by atoms with Gasteiger partial charge in [0.1, 0.15) is 17.7 Å². The van der Waals surface area contributed by atoms with Gasteiger partial charge in [0.25, 0.3) is 0 Å². The van der Waals surface area contributed by atoms with Crippen LogP contribution in [0.25, 0.3) is 0 Å². The highest BCUT2D eigenvalue weighted by molar-refractivity contribution is 7.80. The number of carbonyl (C=O) groups is 1. The molecule has 156 valence electrons. The summed E-state index contributed by atoms with van der Waals surface area (Å²) in [6, 6.07) is 14.2. The van der Waals surface area contributed by atoms with E-state index in [0.717, 1.165) is 5.56 Å². The van der Waals surface area contributed by atoms with Crippen molar-refractivity contribution >= 4 is 63.7 Å². The van der Waals surface area contributed by atoms with Gasteiger partial charge in [0.05, 0.1) is 20.6 Å². The molecule has 1 amide bonds. The molecule has 0 heterocycles. The van der Waals surface area contributed by atoms with Gasteiger partial charge in [-0.2, -0.15) is 0 Å². The van der Waals surface area contributed by atoms with E-state index >= 15 is 0 Å². The van der Waals surface area contributed by atoms with Gasteiger partial charge in [-0.3, -0.25) is 4.79 Å². The normalized spacial score (nSPS) is 11.9. The first-order valence-electron chi connectivity index (χ1n) is 8.42. The number of nitrogens with one attached hydrogen (secondary N) is 3. The number of hydrogen-bond donors (Lipinski definition) is 3. The van der Waals surface area contributed by atoms with Crippen molar-refractivity contribution < 1.29 is 14.3 Å². The quantitative estimate of drug-likeness (QED) is 0.318. The van der Waals surface area contributed by atoms with E-state index in [0.29, 0.717) is 17.2 Å². The second-order valence-electron chi connectivity index (χ2n) is 5.89. The molecule has 0 bridgehead atoms. The molecule has 0 aromatic heterocycles. The molecule has 6 nitrogen and oxygen atoms in total. The highest BCUT2D eigenvalue weighted by atomic mass is 35.6. The zero-order valence-electron chi connectivity index (χ0n) is 15.7. The van der Waals surface area contributed by atoms with Crippen LogP contribution in [0.5, 0.6) is 11.5 Å². The van der Waals surface area contributed by atoms with E-state index in [4.69, 9.17) is 56.5 Å². The van der Waals surface area contributed by atoms with Crippen molar-refractivity contribution in [3.8, 4) is 11.5 Å². The molecule has 10 heteroatoms. The number of ether oxygens (including phenoxy) is 2. The molecule has 1 unspecified atom stereocenters. The number of alkyl halides is 3. The average Bonchev–Trinajstić information content (AvgIpc) is 2.68. The number of thiocarbonyl (C=S) groups is 1. The predicted octanol–water partition coefficient (Wildman–Crippen LogP) is 4.05. The summed E-state index contributed by atoms with van der Waals surface area (Å²) in [6.07, 6.45) is -0.946. The summed E-state index contributed by atoms with van der Waals surface area (Å²) in [6.45, 7) is 0. The first-order chi connectivity index (χ1) is 13.7. The summed E-state index contributed by atoms with van der Waals surface area (Å²) in [4.78, 5) is 12.4. The van der Waals surface area contributed by atoms with Gasteiger partial charge in [-0.05, 0) is 54.2 Å². The third kappa shape index (κ3) is 7.78. The molecule has 0 saturated carbocycles. The number of amides is 1. The van der Waals surface area contributed by atoms with Crippen LogP contribution in [0.2, 0.25) is 0 Å². The zero-order valence-corrected chi connectivity index (χ0v) is 18.8. The predicted molar refractivity (Wildman–Crippen MR) is 121 cm³/mol. The standard InChI is InChI=1S/C19H20Cl3N3O3S/c1-27-14-7-3-12(4-8-14)11-16(26)24-17(19(20,21)22)25-18(29)23-13-5-9-15(28-2)10-6-13/h3-10,17H,11H2,1-2H3,(H,24,26)(H2,23,25,29). The van der Waals surface area contributed by atoms with Crippen molar-refractivity contribution in [1.29, 1.82) is 0 Å². The Balaban J connectivity index is 1.96. The van der Waals surface area contributed by atoms with E-state index in [2.05, 4.69) is 16.0 Å². The minimum Gasteiger partial charge on any atom is -0.497 e. The minimum atomic E-state index is -1.83. The molecule has 2 aromatic carbocycles. The molecule has 29 heavy (non-hydrogen) atoms. The summed E-state index contributed by atoms with van der Waals surface area (Å²) >= 11 is 23.3. The fourth-order valence-electron chi connectivity index (χ4n) is 2.31. The smallest absolute Gasteiger partial charge is 0.228 e. The molecule has 0 fully saturated rings. The van der Waals surface area contributed by atoms with Crippen LogP contribution in [-0.2, 0) is 11.2 Å². The molecule has 1 atom stereocenters. The van der Waals surface area contributed by atoms with Crippen molar-refractivity contribution in [1.82, 2.24) is 10.6 Å². The summed E-state index contributed by atoms with van der Waals surface area (Å²) in [5.74, 6) is 1.07. The van der Waals surface area contributed by atoms with Crippen molar-refractivity contribution in [3.05, 3.63) is 54.1 Å². The van der Waals surface area contributed by atoms with E-state index in [-0.39, 0.29) is 17.4 Å². The maximum Gasteiger partial charge on any atom is 0.228 e. The molecule has 0 aliphatic carbocycles. The first kappa shape index (κ1) is 23.3. The summed E-state index contributed by atoms with van der Waals surface area (Å²) in [5, 5.41) is 8.59. The Kier molecular flexibility index (Phi) is 8.64. The highest BCUT2D eigenvalue weighted by Gasteiger charge is 2.34. The van der Waals surface area contributed by atoms with Gasteiger partial charge < -0.3 is 25.4 Å². The van der Waals surface area contributed by atoms with Crippen LogP contribution in [0, 0.1) is 0 Å². The number of benzene rings is 2. The first-order valence-corrected chi connectivity index (χ1v) is 9.96. The Bertz CT molecular complexity index is 764.